The Hall–Kier alpha value is -3.61. The second kappa shape index (κ2) is 6.28. The fourth-order valence-corrected chi connectivity index (χ4v) is 3.64. The maximum Gasteiger partial charge on any atom is 0.256 e. The van der Waals surface area contributed by atoms with Gasteiger partial charge in [-0.1, -0.05) is 18.2 Å². The van der Waals surface area contributed by atoms with Gasteiger partial charge in [-0.05, 0) is 65.6 Å². The number of fused-ring (bicyclic) bond motifs is 2. The SMILES string of the molecule is O=C(Nc1ccc(-n2cnnn2)cc1)c1c2c(nc3ccccc13)CCC2. The van der Waals surface area contributed by atoms with E-state index in [0.29, 0.717) is 0 Å². The zero-order valence-corrected chi connectivity index (χ0v) is 14.5. The van der Waals surface area contributed by atoms with Crippen LogP contribution in [0.5, 0.6) is 0 Å². The average Bonchev–Trinajstić information content (AvgIpc) is 3.38. The quantitative estimate of drug-likeness (QED) is 0.610. The summed E-state index contributed by atoms with van der Waals surface area (Å²) >= 11 is 0. The van der Waals surface area contributed by atoms with Gasteiger partial charge in [-0.3, -0.25) is 9.78 Å². The number of anilines is 1. The van der Waals surface area contributed by atoms with Gasteiger partial charge in [-0.25, -0.2) is 4.68 Å². The number of para-hydroxylation sites is 1. The van der Waals surface area contributed by atoms with E-state index in [9.17, 15) is 4.79 Å². The van der Waals surface area contributed by atoms with E-state index < -0.39 is 0 Å². The number of rotatable bonds is 3. The van der Waals surface area contributed by atoms with Gasteiger partial charge in [-0.15, -0.1) is 5.10 Å². The minimum absolute atomic E-state index is 0.0954. The van der Waals surface area contributed by atoms with Crippen molar-refractivity contribution < 1.29 is 4.79 Å². The lowest BCUT2D eigenvalue weighted by molar-refractivity contribution is 0.102. The molecule has 7 heteroatoms. The molecule has 2 aromatic carbocycles. The van der Waals surface area contributed by atoms with Crippen molar-refractivity contribution in [3.05, 3.63) is 71.7 Å². The van der Waals surface area contributed by atoms with Crippen molar-refractivity contribution in [3.8, 4) is 5.69 Å². The van der Waals surface area contributed by atoms with E-state index in [1.165, 1.54) is 6.33 Å². The summed E-state index contributed by atoms with van der Waals surface area (Å²) in [6, 6.07) is 15.3. The molecular formula is C20H16N6O. The number of carbonyl (C=O) groups is 1. The first-order valence-electron chi connectivity index (χ1n) is 8.85. The smallest absolute Gasteiger partial charge is 0.256 e. The predicted molar refractivity (Wildman–Crippen MR) is 101 cm³/mol. The van der Waals surface area contributed by atoms with E-state index in [1.54, 1.807) is 4.68 Å². The third kappa shape index (κ3) is 2.73. The van der Waals surface area contributed by atoms with E-state index in [2.05, 4.69) is 20.8 Å². The van der Waals surface area contributed by atoms with Crippen LogP contribution in [-0.4, -0.2) is 31.1 Å². The molecule has 0 spiro atoms. The molecule has 2 aromatic heterocycles. The van der Waals surface area contributed by atoms with Crippen LogP contribution in [0.2, 0.25) is 0 Å². The summed E-state index contributed by atoms with van der Waals surface area (Å²) in [5.74, 6) is -0.0954. The Labute approximate surface area is 155 Å². The third-order valence-corrected chi connectivity index (χ3v) is 4.89. The fraction of sp³-hybridized carbons (Fsp3) is 0.150. The maximum absolute atomic E-state index is 13.1. The number of pyridine rings is 1. The van der Waals surface area contributed by atoms with E-state index in [1.807, 2.05) is 48.5 Å². The number of carbonyl (C=O) groups excluding carboxylic acids is 1. The molecule has 0 saturated heterocycles. The molecule has 1 N–H and O–H groups in total. The molecule has 0 aliphatic heterocycles. The molecule has 0 bridgehead atoms. The number of tetrazole rings is 1. The Bertz CT molecular complexity index is 1140. The highest BCUT2D eigenvalue weighted by molar-refractivity contribution is 6.13. The fourth-order valence-electron chi connectivity index (χ4n) is 3.64. The van der Waals surface area contributed by atoms with Crippen molar-refractivity contribution in [3.63, 3.8) is 0 Å². The molecule has 0 unspecified atom stereocenters. The minimum Gasteiger partial charge on any atom is -0.322 e. The lowest BCUT2D eigenvalue weighted by Crippen LogP contribution is -2.15. The average molecular weight is 356 g/mol. The van der Waals surface area contributed by atoms with Crippen LogP contribution >= 0.6 is 0 Å². The first-order valence-corrected chi connectivity index (χ1v) is 8.85. The van der Waals surface area contributed by atoms with Crippen molar-refractivity contribution in [1.82, 2.24) is 25.2 Å². The van der Waals surface area contributed by atoms with E-state index in [-0.39, 0.29) is 5.91 Å². The molecule has 1 amide bonds. The van der Waals surface area contributed by atoms with Crippen LogP contribution in [0.1, 0.15) is 28.0 Å². The van der Waals surface area contributed by atoms with Crippen molar-refractivity contribution in [2.45, 2.75) is 19.3 Å². The molecule has 5 rings (SSSR count). The maximum atomic E-state index is 13.1. The zero-order chi connectivity index (χ0) is 18.2. The summed E-state index contributed by atoms with van der Waals surface area (Å²) in [6.07, 6.45) is 4.40. The van der Waals surface area contributed by atoms with Crippen molar-refractivity contribution in [2.75, 3.05) is 5.32 Å². The monoisotopic (exact) mass is 356 g/mol. The van der Waals surface area contributed by atoms with Crippen LogP contribution in [0.4, 0.5) is 5.69 Å². The van der Waals surface area contributed by atoms with Gasteiger partial charge in [0.15, 0.2) is 0 Å². The van der Waals surface area contributed by atoms with Crippen LogP contribution in [0.3, 0.4) is 0 Å². The summed E-state index contributed by atoms with van der Waals surface area (Å²) in [5.41, 5.74) is 5.30. The van der Waals surface area contributed by atoms with Crippen molar-refractivity contribution in [1.29, 1.82) is 0 Å². The van der Waals surface area contributed by atoms with Crippen molar-refractivity contribution in [2.24, 2.45) is 0 Å². The lowest BCUT2D eigenvalue weighted by atomic mass is 10.0. The van der Waals surface area contributed by atoms with Gasteiger partial charge < -0.3 is 5.32 Å². The number of aryl methyl sites for hydroxylation is 1. The minimum atomic E-state index is -0.0954. The molecule has 132 valence electrons. The Balaban J connectivity index is 1.50. The second-order valence-corrected chi connectivity index (χ2v) is 6.54. The van der Waals surface area contributed by atoms with Crippen molar-refractivity contribution >= 4 is 22.5 Å². The normalized spacial score (nSPS) is 12.9. The van der Waals surface area contributed by atoms with E-state index in [0.717, 1.165) is 58.4 Å². The van der Waals surface area contributed by atoms with E-state index in [4.69, 9.17) is 4.98 Å². The van der Waals surface area contributed by atoms with Gasteiger partial charge in [0.25, 0.3) is 5.91 Å². The molecule has 0 atom stereocenters. The highest BCUT2D eigenvalue weighted by Gasteiger charge is 2.23. The van der Waals surface area contributed by atoms with Crippen LogP contribution < -0.4 is 5.32 Å². The Morgan fingerprint density at radius 1 is 1.04 bits per heavy atom. The summed E-state index contributed by atoms with van der Waals surface area (Å²) in [5, 5.41) is 15.0. The first-order chi connectivity index (χ1) is 13.3. The molecule has 27 heavy (non-hydrogen) atoms. The second-order valence-electron chi connectivity index (χ2n) is 6.54. The number of aromatic nitrogens is 5. The van der Waals surface area contributed by atoms with Gasteiger partial charge >= 0.3 is 0 Å². The molecule has 1 aliphatic rings. The number of nitrogens with zero attached hydrogens (tertiary/aromatic N) is 5. The molecule has 7 nitrogen and oxygen atoms in total. The highest BCUT2D eigenvalue weighted by Crippen LogP contribution is 2.30. The van der Waals surface area contributed by atoms with Gasteiger partial charge in [0.1, 0.15) is 6.33 Å². The molecular weight excluding hydrogens is 340 g/mol. The number of benzene rings is 2. The number of hydrogen-bond acceptors (Lipinski definition) is 5. The molecule has 0 fully saturated rings. The number of amides is 1. The Morgan fingerprint density at radius 2 is 1.89 bits per heavy atom. The van der Waals surface area contributed by atoms with Crippen LogP contribution in [-0.2, 0) is 12.8 Å². The molecule has 4 aromatic rings. The third-order valence-electron chi connectivity index (χ3n) is 4.89. The first kappa shape index (κ1) is 15.6. The van der Waals surface area contributed by atoms with Crippen LogP contribution in [0.25, 0.3) is 16.6 Å². The summed E-state index contributed by atoms with van der Waals surface area (Å²) in [4.78, 5) is 17.9. The highest BCUT2D eigenvalue weighted by atomic mass is 16.1. The lowest BCUT2D eigenvalue weighted by Gasteiger charge is -2.13. The van der Waals surface area contributed by atoms with Crippen LogP contribution in [0, 0.1) is 0 Å². The topological polar surface area (TPSA) is 85.6 Å². The summed E-state index contributed by atoms with van der Waals surface area (Å²) < 4.78 is 1.56. The summed E-state index contributed by atoms with van der Waals surface area (Å²) in [6.45, 7) is 0. The van der Waals surface area contributed by atoms with E-state index >= 15 is 0 Å². The number of hydrogen-bond donors (Lipinski definition) is 1. The molecule has 2 heterocycles. The summed E-state index contributed by atoms with van der Waals surface area (Å²) in [7, 11) is 0. The standard InChI is InChI=1S/C20H16N6O/c27-20(22-13-8-10-14(11-9-13)26-12-21-24-25-26)19-15-4-1-2-6-17(15)23-18-7-3-5-16(18)19/h1-2,4,6,8-12H,3,5,7H2,(H,22,27). The molecule has 1 aliphatic carbocycles. The Kier molecular flexibility index (Phi) is 3.64. The van der Waals surface area contributed by atoms with Gasteiger partial charge in [0.05, 0.1) is 16.8 Å². The van der Waals surface area contributed by atoms with Crippen LogP contribution in [0.15, 0.2) is 54.9 Å². The van der Waals surface area contributed by atoms with Gasteiger partial charge in [0, 0.05) is 16.8 Å². The largest absolute Gasteiger partial charge is 0.322 e. The molecule has 0 saturated carbocycles. The predicted octanol–water partition coefficient (Wildman–Crippen LogP) is 2.95. The molecule has 0 radical (unpaired) electrons. The Morgan fingerprint density at radius 3 is 2.70 bits per heavy atom. The zero-order valence-electron chi connectivity index (χ0n) is 14.5. The van der Waals surface area contributed by atoms with Gasteiger partial charge in [-0.2, -0.15) is 0 Å². The number of nitrogens with one attached hydrogen (secondary N) is 1. The van der Waals surface area contributed by atoms with Gasteiger partial charge in [0.2, 0.25) is 0 Å².